The second kappa shape index (κ2) is 6.61. The molecule has 0 aromatic heterocycles. The number of alkyl halides is 2. The number of aliphatic hydroxyl groups excluding tert-OH is 1. The Kier molecular flexibility index (Phi) is 6.50. The fraction of sp³-hybridized carbons (Fsp3) is 1.00. The molecule has 0 rings (SSSR count). The summed E-state index contributed by atoms with van der Waals surface area (Å²) in [6.07, 6.45) is -2.34. The van der Waals surface area contributed by atoms with Gasteiger partial charge in [0.25, 0.3) is 6.43 Å². The largest absolute Gasteiger partial charge is 0.395 e. The Morgan fingerprint density at radius 3 is 2.18 bits per heavy atom. The molecule has 0 aliphatic heterocycles. The van der Waals surface area contributed by atoms with E-state index in [1.54, 1.807) is 0 Å². The average molecular weight is 273 g/mol. The van der Waals surface area contributed by atoms with E-state index < -0.39 is 29.6 Å². The van der Waals surface area contributed by atoms with Gasteiger partial charge in [-0.2, -0.15) is 4.31 Å². The lowest BCUT2D eigenvalue weighted by atomic mass is 9.94. The van der Waals surface area contributed by atoms with Gasteiger partial charge in [0.1, 0.15) is 0 Å². The van der Waals surface area contributed by atoms with Crippen molar-refractivity contribution in [1.82, 2.24) is 4.31 Å². The molecule has 0 atom stereocenters. The zero-order valence-electron chi connectivity index (χ0n) is 10.5. The fourth-order valence-corrected chi connectivity index (χ4v) is 3.00. The van der Waals surface area contributed by atoms with Crippen molar-refractivity contribution < 1.29 is 22.3 Å². The third kappa shape index (κ3) is 7.62. The predicted octanol–water partition coefficient (Wildman–Crippen LogP) is 1.31. The Hall–Kier alpha value is -0.270. The first-order valence-corrected chi connectivity index (χ1v) is 7.06. The van der Waals surface area contributed by atoms with Crippen molar-refractivity contribution in [3.63, 3.8) is 0 Å². The zero-order chi connectivity index (χ0) is 13.7. The summed E-state index contributed by atoms with van der Waals surface area (Å²) in [5, 5.41) is 8.69. The van der Waals surface area contributed by atoms with E-state index in [9.17, 15) is 17.2 Å². The Labute approximate surface area is 102 Å². The van der Waals surface area contributed by atoms with Crippen LogP contribution in [0.2, 0.25) is 0 Å². The molecule has 0 aromatic rings. The predicted molar refractivity (Wildman–Crippen MR) is 62.5 cm³/mol. The van der Waals surface area contributed by atoms with Crippen molar-refractivity contribution in [2.24, 2.45) is 5.41 Å². The minimum atomic E-state index is -3.72. The van der Waals surface area contributed by atoms with Crippen LogP contribution in [0.5, 0.6) is 0 Å². The van der Waals surface area contributed by atoms with Crippen LogP contribution in [0.25, 0.3) is 0 Å². The summed E-state index contributed by atoms with van der Waals surface area (Å²) < 4.78 is 48.7. The van der Waals surface area contributed by atoms with E-state index in [1.807, 2.05) is 20.8 Å². The van der Waals surface area contributed by atoms with Crippen LogP contribution in [0.1, 0.15) is 27.2 Å². The molecule has 0 bridgehead atoms. The van der Waals surface area contributed by atoms with Gasteiger partial charge < -0.3 is 5.11 Å². The second-order valence-electron chi connectivity index (χ2n) is 5.10. The van der Waals surface area contributed by atoms with Gasteiger partial charge in [0.2, 0.25) is 10.0 Å². The van der Waals surface area contributed by atoms with Crippen LogP contribution in [0.4, 0.5) is 8.78 Å². The molecule has 0 radical (unpaired) electrons. The van der Waals surface area contributed by atoms with E-state index in [-0.39, 0.29) is 17.7 Å². The normalized spacial score (nSPS) is 13.6. The van der Waals surface area contributed by atoms with Gasteiger partial charge in [0.15, 0.2) is 0 Å². The lowest BCUT2D eigenvalue weighted by Gasteiger charge is -2.24. The third-order valence-electron chi connectivity index (χ3n) is 2.19. The van der Waals surface area contributed by atoms with Crippen molar-refractivity contribution in [1.29, 1.82) is 0 Å². The minimum absolute atomic E-state index is 0.177. The number of rotatable bonds is 7. The topological polar surface area (TPSA) is 57.6 Å². The lowest BCUT2D eigenvalue weighted by Crippen LogP contribution is -2.39. The summed E-state index contributed by atoms with van der Waals surface area (Å²) in [6.45, 7) is 4.05. The number of hydrogen-bond acceptors (Lipinski definition) is 3. The van der Waals surface area contributed by atoms with Gasteiger partial charge in [-0.15, -0.1) is 0 Å². The maximum absolute atomic E-state index is 12.2. The van der Waals surface area contributed by atoms with E-state index in [0.717, 1.165) is 0 Å². The summed E-state index contributed by atoms with van der Waals surface area (Å²) >= 11 is 0. The van der Waals surface area contributed by atoms with E-state index in [2.05, 4.69) is 0 Å². The molecule has 7 heteroatoms. The zero-order valence-corrected chi connectivity index (χ0v) is 11.3. The molecule has 0 aromatic carbocycles. The van der Waals surface area contributed by atoms with Crippen molar-refractivity contribution in [2.75, 3.05) is 25.4 Å². The molecule has 0 saturated heterocycles. The first kappa shape index (κ1) is 16.7. The smallest absolute Gasteiger partial charge is 0.252 e. The van der Waals surface area contributed by atoms with Crippen LogP contribution in [0.15, 0.2) is 0 Å². The summed E-state index contributed by atoms with van der Waals surface area (Å²) in [6, 6.07) is 0. The third-order valence-corrected chi connectivity index (χ3v) is 4.03. The molecule has 0 fully saturated rings. The monoisotopic (exact) mass is 273 g/mol. The van der Waals surface area contributed by atoms with Gasteiger partial charge in [0.05, 0.1) is 18.9 Å². The molecule has 0 saturated carbocycles. The quantitative estimate of drug-likeness (QED) is 0.761. The molecule has 0 unspecified atom stereocenters. The molecule has 17 heavy (non-hydrogen) atoms. The first-order valence-electron chi connectivity index (χ1n) is 5.45. The van der Waals surface area contributed by atoms with E-state index in [0.29, 0.717) is 10.7 Å². The summed E-state index contributed by atoms with van der Waals surface area (Å²) in [7, 11) is -3.72. The first-order chi connectivity index (χ1) is 7.58. The highest BCUT2D eigenvalue weighted by Gasteiger charge is 2.26. The molecule has 1 N–H and O–H groups in total. The minimum Gasteiger partial charge on any atom is -0.395 e. The van der Waals surface area contributed by atoms with Gasteiger partial charge >= 0.3 is 0 Å². The van der Waals surface area contributed by atoms with Crippen molar-refractivity contribution in [3.8, 4) is 0 Å². The summed E-state index contributed by atoms with van der Waals surface area (Å²) in [4.78, 5) is 0. The number of halogens is 2. The maximum Gasteiger partial charge on any atom is 0.252 e. The summed E-state index contributed by atoms with van der Waals surface area (Å²) in [5.74, 6) is -0.177. The molecule has 0 heterocycles. The van der Waals surface area contributed by atoms with Gasteiger partial charge in [-0.05, 0) is 11.8 Å². The fourth-order valence-electron chi connectivity index (χ4n) is 1.17. The molecule has 0 amide bonds. The molecule has 104 valence electrons. The Bertz CT molecular complexity index is 312. The van der Waals surface area contributed by atoms with Crippen molar-refractivity contribution >= 4 is 10.0 Å². The molecule has 4 nitrogen and oxygen atoms in total. The van der Waals surface area contributed by atoms with Gasteiger partial charge in [-0.3, -0.25) is 0 Å². The SMILES string of the molecule is CC(C)(C)CCS(=O)(=O)N(CCO)CC(F)F. The van der Waals surface area contributed by atoms with Crippen LogP contribution in [0, 0.1) is 5.41 Å². The van der Waals surface area contributed by atoms with Gasteiger partial charge in [-0.25, -0.2) is 17.2 Å². The second-order valence-corrected chi connectivity index (χ2v) is 7.19. The lowest BCUT2D eigenvalue weighted by molar-refractivity contribution is 0.113. The van der Waals surface area contributed by atoms with Crippen LogP contribution in [-0.4, -0.2) is 49.7 Å². The molecular formula is C10H21F2NO3S. The maximum atomic E-state index is 12.2. The Morgan fingerprint density at radius 2 is 1.82 bits per heavy atom. The summed E-state index contributed by atoms with van der Waals surface area (Å²) in [5.41, 5.74) is -0.178. The average Bonchev–Trinajstić information content (AvgIpc) is 2.13. The molecule has 0 aliphatic carbocycles. The van der Waals surface area contributed by atoms with Crippen LogP contribution < -0.4 is 0 Å². The van der Waals surface area contributed by atoms with Gasteiger partial charge in [0, 0.05) is 6.54 Å². The standard InChI is InChI=1S/C10H21F2NO3S/c1-10(2,3)4-7-17(15,16)13(5-6-14)8-9(11)12/h9,14H,4-8H2,1-3H3. The van der Waals surface area contributed by atoms with E-state index >= 15 is 0 Å². The van der Waals surface area contributed by atoms with Crippen LogP contribution >= 0.6 is 0 Å². The van der Waals surface area contributed by atoms with Crippen LogP contribution in [0.3, 0.4) is 0 Å². The Balaban J connectivity index is 4.60. The van der Waals surface area contributed by atoms with Crippen molar-refractivity contribution in [3.05, 3.63) is 0 Å². The number of nitrogens with zero attached hydrogens (tertiary/aromatic N) is 1. The molecule has 0 spiro atoms. The van der Waals surface area contributed by atoms with Crippen LogP contribution in [-0.2, 0) is 10.0 Å². The van der Waals surface area contributed by atoms with E-state index in [1.165, 1.54) is 0 Å². The molecule has 0 aliphatic rings. The highest BCUT2D eigenvalue weighted by molar-refractivity contribution is 7.89. The van der Waals surface area contributed by atoms with Crippen molar-refractivity contribution in [2.45, 2.75) is 33.6 Å². The highest BCUT2D eigenvalue weighted by Crippen LogP contribution is 2.20. The number of hydrogen-bond donors (Lipinski definition) is 1. The Morgan fingerprint density at radius 1 is 1.29 bits per heavy atom. The highest BCUT2D eigenvalue weighted by atomic mass is 32.2. The molecular weight excluding hydrogens is 252 g/mol. The van der Waals surface area contributed by atoms with Gasteiger partial charge in [-0.1, -0.05) is 20.8 Å². The number of sulfonamides is 1. The van der Waals surface area contributed by atoms with E-state index in [4.69, 9.17) is 5.11 Å². The number of aliphatic hydroxyl groups is 1.